The summed E-state index contributed by atoms with van der Waals surface area (Å²) in [5.41, 5.74) is 2.52. The first-order valence-electron chi connectivity index (χ1n) is 10.5. The van der Waals surface area contributed by atoms with Crippen molar-refractivity contribution in [3.05, 3.63) is 59.8 Å². The van der Waals surface area contributed by atoms with Crippen LogP contribution in [0.3, 0.4) is 0 Å². The van der Waals surface area contributed by atoms with Gasteiger partial charge in [0.1, 0.15) is 26.2 Å². The second kappa shape index (κ2) is 9.69. The summed E-state index contributed by atoms with van der Waals surface area (Å²) < 4.78 is 0. The monoisotopic (exact) mass is 382 g/mol. The van der Waals surface area contributed by atoms with Gasteiger partial charge < -0.3 is 10.2 Å². The SMILES string of the molecule is CCc1ccc([C@@H](NC(=O)C[NH+]2CCN(c3cccc[nH+]3)CC2)C(C)C)cc1. The number of aromatic nitrogens is 1. The summed E-state index contributed by atoms with van der Waals surface area (Å²) in [6.07, 6.45) is 3.00. The summed E-state index contributed by atoms with van der Waals surface area (Å²) in [5.74, 6) is 1.66. The third kappa shape index (κ3) is 5.32. The molecule has 1 saturated heterocycles. The average molecular weight is 383 g/mol. The first-order valence-corrected chi connectivity index (χ1v) is 10.5. The Kier molecular flexibility index (Phi) is 7.04. The van der Waals surface area contributed by atoms with E-state index < -0.39 is 0 Å². The fraction of sp³-hybridized carbons (Fsp3) is 0.478. The van der Waals surface area contributed by atoms with Crippen LogP contribution in [0.15, 0.2) is 48.7 Å². The van der Waals surface area contributed by atoms with Crippen LogP contribution in [0.25, 0.3) is 0 Å². The Hall–Kier alpha value is -2.40. The van der Waals surface area contributed by atoms with E-state index in [9.17, 15) is 4.79 Å². The van der Waals surface area contributed by atoms with Crippen LogP contribution in [0.4, 0.5) is 5.82 Å². The molecule has 28 heavy (non-hydrogen) atoms. The number of carbonyl (C=O) groups excluding carboxylic acids is 1. The number of hydrogen-bond donors (Lipinski definition) is 2. The van der Waals surface area contributed by atoms with Crippen molar-refractivity contribution in [2.24, 2.45) is 5.92 Å². The second-order valence-corrected chi connectivity index (χ2v) is 8.05. The third-order valence-electron chi connectivity index (χ3n) is 5.64. The van der Waals surface area contributed by atoms with E-state index in [1.807, 2.05) is 12.3 Å². The summed E-state index contributed by atoms with van der Waals surface area (Å²) in [7, 11) is 0. The number of piperazine rings is 1. The molecular formula is C23H34N4O+2. The molecule has 1 aliphatic heterocycles. The summed E-state index contributed by atoms with van der Waals surface area (Å²) in [5, 5.41) is 3.28. The molecular weight excluding hydrogens is 348 g/mol. The van der Waals surface area contributed by atoms with Crippen LogP contribution in [-0.2, 0) is 11.2 Å². The summed E-state index contributed by atoms with van der Waals surface area (Å²) >= 11 is 0. The van der Waals surface area contributed by atoms with E-state index in [1.165, 1.54) is 16.0 Å². The number of pyridine rings is 1. The number of nitrogens with one attached hydrogen (secondary N) is 3. The molecule has 3 N–H and O–H groups in total. The zero-order chi connectivity index (χ0) is 19.9. The molecule has 0 aliphatic carbocycles. The number of benzene rings is 1. The number of quaternary nitrogens is 1. The number of aromatic amines is 1. The summed E-state index contributed by atoms with van der Waals surface area (Å²) in [6.45, 7) is 10.9. The van der Waals surface area contributed by atoms with Gasteiger partial charge in [0, 0.05) is 6.07 Å². The Morgan fingerprint density at radius 1 is 1.14 bits per heavy atom. The topological polar surface area (TPSA) is 50.9 Å². The molecule has 2 heterocycles. The molecule has 1 aromatic heterocycles. The Morgan fingerprint density at radius 3 is 2.43 bits per heavy atom. The second-order valence-electron chi connectivity index (χ2n) is 8.05. The van der Waals surface area contributed by atoms with Gasteiger partial charge in [-0.1, -0.05) is 51.1 Å². The number of amides is 1. The van der Waals surface area contributed by atoms with Crippen LogP contribution >= 0.6 is 0 Å². The van der Waals surface area contributed by atoms with Gasteiger partial charge in [0.15, 0.2) is 6.54 Å². The Labute approximate surface area is 168 Å². The van der Waals surface area contributed by atoms with E-state index in [0.717, 1.165) is 38.4 Å². The molecule has 0 radical (unpaired) electrons. The van der Waals surface area contributed by atoms with Crippen molar-refractivity contribution in [1.82, 2.24) is 5.32 Å². The van der Waals surface area contributed by atoms with E-state index in [-0.39, 0.29) is 11.9 Å². The highest BCUT2D eigenvalue weighted by atomic mass is 16.2. The molecule has 0 unspecified atom stereocenters. The van der Waals surface area contributed by atoms with Gasteiger partial charge in [-0.05, 0) is 29.5 Å². The average Bonchev–Trinajstić information content (AvgIpc) is 2.73. The van der Waals surface area contributed by atoms with Crippen molar-refractivity contribution >= 4 is 11.7 Å². The van der Waals surface area contributed by atoms with E-state index in [0.29, 0.717) is 12.5 Å². The fourth-order valence-corrected chi connectivity index (χ4v) is 3.87. The van der Waals surface area contributed by atoms with Crippen molar-refractivity contribution in [2.75, 3.05) is 37.6 Å². The number of H-pyrrole nitrogens is 1. The largest absolute Gasteiger partial charge is 0.344 e. The molecule has 3 rings (SSSR count). The maximum Gasteiger partial charge on any atom is 0.275 e. The van der Waals surface area contributed by atoms with E-state index in [2.05, 4.69) is 72.4 Å². The number of anilines is 1. The molecule has 1 aliphatic rings. The van der Waals surface area contributed by atoms with Crippen LogP contribution in [-0.4, -0.2) is 38.6 Å². The maximum absolute atomic E-state index is 12.7. The van der Waals surface area contributed by atoms with E-state index >= 15 is 0 Å². The predicted octanol–water partition coefficient (Wildman–Crippen LogP) is 1.28. The highest BCUT2D eigenvalue weighted by Crippen LogP contribution is 2.22. The molecule has 0 spiro atoms. The number of carbonyl (C=O) groups is 1. The minimum atomic E-state index is 0.0676. The predicted molar refractivity (Wildman–Crippen MR) is 112 cm³/mol. The van der Waals surface area contributed by atoms with Crippen LogP contribution in [0.5, 0.6) is 0 Å². The smallest absolute Gasteiger partial charge is 0.275 e. The number of hydrogen-bond acceptors (Lipinski definition) is 2. The first kappa shape index (κ1) is 20.3. The Bertz CT molecular complexity index is 737. The van der Waals surface area contributed by atoms with Gasteiger partial charge >= 0.3 is 0 Å². The number of nitrogens with zero attached hydrogens (tertiary/aromatic N) is 1. The standard InChI is InChI=1S/C23H32N4O/c1-4-19-8-10-20(11-9-19)23(18(2)3)25-22(28)17-26-13-15-27(16-14-26)21-7-5-6-12-24-21/h5-12,18,23H,4,13-17H2,1-3H3,(H,25,28)/p+2/t23-/m0/s1. The third-order valence-corrected chi connectivity index (χ3v) is 5.64. The molecule has 1 fully saturated rings. The number of aryl methyl sites for hydroxylation is 1. The van der Waals surface area contributed by atoms with Crippen molar-refractivity contribution < 1.29 is 14.7 Å². The van der Waals surface area contributed by atoms with Crippen molar-refractivity contribution in [2.45, 2.75) is 33.2 Å². The van der Waals surface area contributed by atoms with Crippen LogP contribution in [0.1, 0.15) is 37.9 Å². The summed E-state index contributed by atoms with van der Waals surface area (Å²) in [6, 6.07) is 14.9. The normalized spacial score (nSPS) is 16.2. The van der Waals surface area contributed by atoms with Gasteiger partial charge in [0.05, 0.1) is 12.2 Å². The minimum Gasteiger partial charge on any atom is -0.344 e. The highest BCUT2D eigenvalue weighted by Gasteiger charge is 2.28. The minimum absolute atomic E-state index is 0.0676. The van der Waals surface area contributed by atoms with Crippen molar-refractivity contribution in [3.63, 3.8) is 0 Å². The lowest BCUT2D eigenvalue weighted by Gasteiger charge is -2.29. The van der Waals surface area contributed by atoms with Gasteiger partial charge in [-0.3, -0.25) is 9.69 Å². The van der Waals surface area contributed by atoms with Crippen molar-refractivity contribution in [1.29, 1.82) is 0 Å². The highest BCUT2D eigenvalue weighted by molar-refractivity contribution is 5.77. The van der Waals surface area contributed by atoms with E-state index in [1.54, 1.807) is 0 Å². The molecule has 0 bridgehead atoms. The first-order chi connectivity index (χ1) is 13.6. The number of rotatable bonds is 7. The van der Waals surface area contributed by atoms with Gasteiger partial charge in [-0.2, -0.15) is 0 Å². The summed E-state index contributed by atoms with van der Waals surface area (Å²) in [4.78, 5) is 19.7. The lowest BCUT2D eigenvalue weighted by molar-refractivity contribution is -0.892. The zero-order valence-electron chi connectivity index (χ0n) is 17.4. The Morgan fingerprint density at radius 2 is 1.86 bits per heavy atom. The molecule has 1 amide bonds. The van der Waals surface area contributed by atoms with Gasteiger partial charge in [0.2, 0.25) is 0 Å². The molecule has 5 heteroatoms. The maximum atomic E-state index is 12.7. The lowest BCUT2D eigenvalue weighted by atomic mass is 9.95. The van der Waals surface area contributed by atoms with Crippen LogP contribution in [0.2, 0.25) is 0 Å². The molecule has 2 aromatic rings. The van der Waals surface area contributed by atoms with Gasteiger partial charge in [0.25, 0.3) is 11.7 Å². The zero-order valence-corrected chi connectivity index (χ0v) is 17.4. The van der Waals surface area contributed by atoms with Gasteiger partial charge in [-0.25, -0.2) is 4.98 Å². The molecule has 1 atom stereocenters. The molecule has 0 saturated carbocycles. The fourth-order valence-electron chi connectivity index (χ4n) is 3.87. The molecule has 150 valence electrons. The van der Waals surface area contributed by atoms with Crippen LogP contribution in [0, 0.1) is 5.92 Å². The van der Waals surface area contributed by atoms with Crippen molar-refractivity contribution in [3.8, 4) is 0 Å². The molecule has 5 nitrogen and oxygen atoms in total. The Balaban J connectivity index is 1.52. The lowest BCUT2D eigenvalue weighted by Crippen LogP contribution is -3.16. The van der Waals surface area contributed by atoms with Crippen LogP contribution < -0.4 is 20.1 Å². The quantitative estimate of drug-likeness (QED) is 0.758. The van der Waals surface area contributed by atoms with E-state index in [4.69, 9.17) is 0 Å². The molecule has 1 aromatic carbocycles. The van der Waals surface area contributed by atoms with Gasteiger partial charge in [-0.15, -0.1) is 0 Å².